The fraction of sp³-hybridized carbons (Fsp3) is 0.294. The first-order valence-electron chi connectivity index (χ1n) is 6.83. The van der Waals surface area contributed by atoms with Crippen LogP contribution in [-0.2, 0) is 12.8 Å². The minimum atomic E-state index is 0.321. The molecule has 0 aromatic heterocycles. The van der Waals surface area contributed by atoms with Crippen molar-refractivity contribution in [3.05, 3.63) is 71.3 Å². The quantitative estimate of drug-likeness (QED) is 0.614. The molecular weight excluding hydrogens is 232 g/mol. The maximum absolute atomic E-state index is 5.67. The Kier molecular flexibility index (Phi) is 5.13. The average molecular weight is 254 g/mol. The van der Waals surface area contributed by atoms with Crippen LogP contribution in [0.5, 0.6) is 0 Å². The number of hydrogen-bond donors (Lipinski definition) is 2. The summed E-state index contributed by atoms with van der Waals surface area (Å²) in [6.45, 7) is 2.12. The highest BCUT2D eigenvalue weighted by molar-refractivity contribution is 5.23. The number of benzene rings is 2. The molecule has 100 valence electrons. The molecule has 0 aliphatic carbocycles. The highest BCUT2D eigenvalue weighted by Crippen LogP contribution is 2.11. The van der Waals surface area contributed by atoms with Gasteiger partial charge in [-0.3, -0.25) is 11.3 Å². The predicted molar refractivity (Wildman–Crippen MR) is 80.8 cm³/mol. The van der Waals surface area contributed by atoms with Crippen molar-refractivity contribution in [2.75, 3.05) is 0 Å². The van der Waals surface area contributed by atoms with Crippen molar-refractivity contribution >= 4 is 0 Å². The minimum absolute atomic E-state index is 0.321. The van der Waals surface area contributed by atoms with E-state index in [9.17, 15) is 0 Å². The minimum Gasteiger partial charge on any atom is -0.271 e. The summed E-state index contributed by atoms with van der Waals surface area (Å²) in [6, 6.07) is 19.5. The van der Waals surface area contributed by atoms with Crippen molar-refractivity contribution in [2.45, 2.75) is 32.2 Å². The van der Waals surface area contributed by atoms with Crippen molar-refractivity contribution in [3.63, 3.8) is 0 Å². The molecule has 0 amide bonds. The van der Waals surface area contributed by atoms with E-state index >= 15 is 0 Å². The van der Waals surface area contributed by atoms with Crippen LogP contribution in [0, 0.1) is 6.92 Å². The van der Waals surface area contributed by atoms with Gasteiger partial charge in [-0.05, 0) is 37.3 Å². The van der Waals surface area contributed by atoms with E-state index in [1.165, 1.54) is 16.7 Å². The van der Waals surface area contributed by atoms with Crippen LogP contribution in [0.2, 0.25) is 0 Å². The van der Waals surface area contributed by atoms with E-state index in [2.05, 4.69) is 66.9 Å². The lowest BCUT2D eigenvalue weighted by atomic mass is 9.99. The molecule has 1 unspecified atom stereocenters. The van der Waals surface area contributed by atoms with Gasteiger partial charge in [-0.25, -0.2) is 0 Å². The summed E-state index contributed by atoms with van der Waals surface area (Å²) < 4.78 is 0. The van der Waals surface area contributed by atoms with Gasteiger partial charge in [-0.1, -0.05) is 60.2 Å². The van der Waals surface area contributed by atoms with Crippen molar-refractivity contribution in [2.24, 2.45) is 5.84 Å². The fourth-order valence-electron chi connectivity index (χ4n) is 2.35. The van der Waals surface area contributed by atoms with Crippen LogP contribution in [0.4, 0.5) is 0 Å². The highest BCUT2D eigenvalue weighted by Gasteiger charge is 2.08. The molecule has 3 N–H and O–H groups in total. The number of hydrogen-bond acceptors (Lipinski definition) is 2. The maximum atomic E-state index is 5.67. The molecule has 1 atom stereocenters. The lowest BCUT2D eigenvalue weighted by Gasteiger charge is -2.16. The first-order chi connectivity index (χ1) is 9.28. The molecule has 0 radical (unpaired) electrons. The molecule has 2 heteroatoms. The monoisotopic (exact) mass is 254 g/mol. The second kappa shape index (κ2) is 7.07. The van der Waals surface area contributed by atoms with Crippen LogP contribution in [0.1, 0.15) is 23.1 Å². The molecule has 0 saturated heterocycles. The van der Waals surface area contributed by atoms with Crippen molar-refractivity contribution < 1.29 is 0 Å². The molecule has 0 aliphatic heterocycles. The van der Waals surface area contributed by atoms with Crippen LogP contribution >= 0.6 is 0 Å². The molecule has 0 saturated carbocycles. The summed E-state index contributed by atoms with van der Waals surface area (Å²) in [7, 11) is 0. The van der Waals surface area contributed by atoms with Gasteiger partial charge in [-0.2, -0.15) is 0 Å². The van der Waals surface area contributed by atoms with Crippen molar-refractivity contribution in [1.29, 1.82) is 0 Å². The summed E-state index contributed by atoms with van der Waals surface area (Å²) in [5.41, 5.74) is 6.95. The second-order valence-corrected chi connectivity index (χ2v) is 5.08. The number of nitrogens with one attached hydrogen (secondary N) is 1. The Morgan fingerprint density at radius 1 is 1.00 bits per heavy atom. The summed E-state index contributed by atoms with van der Waals surface area (Å²) in [4.78, 5) is 0. The van der Waals surface area contributed by atoms with Gasteiger partial charge in [0.25, 0.3) is 0 Å². The molecule has 2 nitrogen and oxygen atoms in total. The Balaban J connectivity index is 1.90. The number of aryl methyl sites for hydroxylation is 2. The van der Waals surface area contributed by atoms with Crippen molar-refractivity contribution in [1.82, 2.24) is 5.43 Å². The summed E-state index contributed by atoms with van der Waals surface area (Å²) in [5, 5.41) is 0. The molecule has 2 aromatic rings. The van der Waals surface area contributed by atoms with Crippen LogP contribution < -0.4 is 11.3 Å². The standard InChI is InChI=1S/C17H22N2/c1-14-6-5-9-16(12-14)13-17(19-18)11-10-15-7-3-2-4-8-15/h2-9,12,17,19H,10-11,13,18H2,1H3. The van der Waals surface area contributed by atoms with Gasteiger partial charge in [0, 0.05) is 6.04 Å². The zero-order valence-electron chi connectivity index (χ0n) is 11.5. The third-order valence-corrected chi connectivity index (χ3v) is 3.42. The van der Waals surface area contributed by atoms with E-state index in [0.29, 0.717) is 6.04 Å². The lowest BCUT2D eigenvalue weighted by molar-refractivity contribution is 0.491. The van der Waals surface area contributed by atoms with E-state index in [1.54, 1.807) is 0 Å². The molecule has 0 heterocycles. The number of hydrazine groups is 1. The van der Waals surface area contributed by atoms with Gasteiger partial charge >= 0.3 is 0 Å². The van der Waals surface area contributed by atoms with E-state index < -0.39 is 0 Å². The van der Waals surface area contributed by atoms with Gasteiger partial charge in [0.2, 0.25) is 0 Å². The van der Waals surface area contributed by atoms with E-state index in [1.807, 2.05) is 0 Å². The molecule has 0 fully saturated rings. The van der Waals surface area contributed by atoms with Crippen LogP contribution in [0.3, 0.4) is 0 Å². The van der Waals surface area contributed by atoms with Gasteiger partial charge in [0.1, 0.15) is 0 Å². The highest BCUT2D eigenvalue weighted by atomic mass is 15.2. The molecule has 19 heavy (non-hydrogen) atoms. The zero-order valence-corrected chi connectivity index (χ0v) is 11.5. The van der Waals surface area contributed by atoms with E-state index in [0.717, 1.165) is 19.3 Å². The predicted octanol–water partition coefficient (Wildman–Crippen LogP) is 3.00. The van der Waals surface area contributed by atoms with Gasteiger partial charge < -0.3 is 0 Å². The lowest BCUT2D eigenvalue weighted by Crippen LogP contribution is -2.37. The second-order valence-electron chi connectivity index (χ2n) is 5.08. The number of nitrogens with two attached hydrogens (primary N) is 1. The van der Waals surface area contributed by atoms with Gasteiger partial charge in [0.15, 0.2) is 0 Å². The van der Waals surface area contributed by atoms with Crippen LogP contribution in [0.15, 0.2) is 54.6 Å². The van der Waals surface area contributed by atoms with Crippen molar-refractivity contribution in [3.8, 4) is 0 Å². The summed E-state index contributed by atoms with van der Waals surface area (Å²) in [6.07, 6.45) is 3.08. The summed E-state index contributed by atoms with van der Waals surface area (Å²) in [5.74, 6) is 5.67. The maximum Gasteiger partial charge on any atom is 0.0254 e. The average Bonchev–Trinajstić information content (AvgIpc) is 2.44. The SMILES string of the molecule is Cc1cccc(CC(CCc2ccccc2)NN)c1. The fourth-order valence-corrected chi connectivity index (χ4v) is 2.35. The molecule has 0 spiro atoms. The first-order valence-corrected chi connectivity index (χ1v) is 6.83. The number of rotatable bonds is 6. The Hall–Kier alpha value is -1.64. The molecule has 0 bridgehead atoms. The van der Waals surface area contributed by atoms with Gasteiger partial charge in [-0.15, -0.1) is 0 Å². The van der Waals surface area contributed by atoms with Crippen LogP contribution in [-0.4, -0.2) is 6.04 Å². The smallest absolute Gasteiger partial charge is 0.0254 e. The van der Waals surface area contributed by atoms with E-state index in [4.69, 9.17) is 5.84 Å². The Morgan fingerprint density at radius 2 is 1.74 bits per heavy atom. The third-order valence-electron chi connectivity index (χ3n) is 3.42. The normalized spacial score (nSPS) is 12.3. The molecule has 2 rings (SSSR count). The Bertz CT molecular complexity index is 494. The zero-order chi connectivity index (χ0) is 13.5. The molecular formula is C17H22N2. The van der Waals surface area contributed by atoms with E-state index in [-0.39, 0.29) is 0 Å². The first kappa shape index (κ1) is 13.8. The largest absolute Gasteiger partial charge is 0.271 e. The topological polar surface area (TPSA) is 38.0 Å². The van der Waals surface area contributed by atoms with Gasteiger partial charge in [0.05, 0.1) is 0 Å². The summed E-state index contributed by atoms with van der Waals surface area (Å²) >= 11 is 0. The van der Waals surface area contributed by atoms with Crippen LogP contribution in [0.25, 0.3) is 0 Å². The Morgan fingerprint density at radius 3 is 2.42 bits per heavy atom. The molecule has 0 aliphatic rings. The third kappa shape index (κ3) is 4.51. The molecule has 2 aromatic carbocycles. The Labute approximate surface area is 115 Å².